The molecule has 0 aromatic heterocycles. The molecule has 1 heterocycles. The van der Waals surface area contributed by atoms with Gasteiger partial charge in [-0.3, -0.25) is 4.79 Å². The molecular weight excluding hydrogens is 176 g/mol. The Kier molecular flexibility index (Phi) is 2.46. The summed E-state index contributed by atoms with van der Waals surface area (Å²) in [7, 11) is 0. The smallest absolute Gasteiger partial charge is 0.152 e. The van der Waals surface area contributed by atoms with Crippen LogP contribution in [0.4, 0.5) is 0 Å². The molecule has 0 saturated carbocycles. The summed E-state index contributed by atoms with van der Waals surface area (Å²) in [6, 6.07) is 10.0. The number of hydrogen-bond acceptors (Lipinski definition) is 2. The molecular formula is C12H12O2. The van der Waals surface area contributed by atoms with Gasteiger partial charge in [-0.1, -0.05) is 30.3 Å². The number of ketones is 1. The molecule has 1 aliphatic rings. The predicted octanol–water partition coefficient (Wildman–Crippen LogP) is 2.27. The summed E-state index contributed by atoms with van der Waals surface area (Å²) < 4.78 is 5.41. The van der Waals surface area contributed by atoms with E-state index in [4.69, 9.17) is 4.74 Å². The summed E-state index contributed by atoms with van der Waals surface area (Å²) in [5, 5.41) is 0. The standard InChI is InChI=1S/C12H12O2/c1-9(13)7-8-11-12(14-11)10-5-3-2-4-6-10/h2-8,11-12H,1H3/b8-7+. The molecule has 0 radical (unpaired) electrons. The van der Waals surface area contributed by atoms with Crippen molar-refractivity contribution in [3.05, 3.63) is 48.0 Å². The molecule has 1 aliphatic heterocycles. The van der Waals surface area contributed by atoms with Crippen molar-refractivity contribution < 1.29 is 9.53 Å². The molecule has 2 heteroatoms. The SMILES string of the molecule is CC(=O)/C=C/C1OC1c1ccccc1. The Balaban J connectivity index is 1.97. The van der Waals surface area contributed by atoms with Crippen molar-refractivity contribution in [2.24, 2.45) is 0 Å². The summed E-state index contributed by atoms with van der Waals surface area (Å²) >= 11 is 0. The minimum atomic E-state index is 0.0623. The molecule has 0 N–H and O–H groups in total. The maximum atomic E-state index is 10.7. The average molecular weight is 188 g/mol. The summed E-state index contributed by atoms with van der Waals surface area (Å²) in [6.07, 6.45) is 3.61. The molecule has 1 aromatic rings. The zero-order valence-corrected chi connectivity index (χ0v) is 8.01. The Labute approximate surface area is 83.2 Å². The summed E-state index contributed by atoms with van der Waals surface area (Å²) in [6.45, 7) is 1.54. The highest BCUT2D eigenvalue weighted by molar-refractivity contribution is 5.87. The normalized spacial score (nSPS) is 25.2. The maximum Gasteiger partial charge on any atom is 0.152 e. The minimum Gasteiger partial charge on any atom is -0.360 e. The highest BCUT2D eigenvalue weighted by atomic mass is 16.6. The van der Waals surface area contributed by atoms with Crippen LogP contribution in [-0.2, 0) is 9.53 Å². The first-order valence-electron chi connectivity index (χ1n) is 4.66. The third-order valence-corrected chi connectivity index (χ3v) is 2.17. The molecule has 72 valence electrons. The fourth-order valence-corrected chi connectivity index (χ4v) is 1.41. The lowest BCUT2D eigenvalue weighted by molar-refractivity contribution is -0.112. The van der Waals surface area contributed by atoms with Crippen LogP contribution in [0.1, 0.15) is 18.6 Å². The van der Waals surface area contributed by atoms with Crippen LogP contribution in [0.3, 0.4) is 0 Å². The molecule has 0 bridgehead atoms. The van der Waals surface area contributed by atoms with Crippen molar-refractivity contribution in [2.45, 2.75) is 19.1 Å². The molecule has 0 amide bonds. The second-order valence-corrected chi connectivity index (χ2v) is 3.40. The zero-order chi connectivity index (χ0) is 9.97. The van der Waals surface area contributed by atoms with Gasteiger partial charge in [-0.15, -0.1) is 0 Å². The lowest BCUT2D eigenvalue weighted by atomic mass is 10.1. The number of epoxide rings is 1. The van der Waals surface area contributed by atoms with Gasteiger partial charge < -0.3 is 4.74 Å². The van der Waals surface area contributed by atoms with Crippen molar-refractivity contribution >= 4 is 5.78 Å². The van der Waals surface area contributed by atoms with Crippen molar-refractivity contribution in [2.75, 3.05) is 0 Å². The van der Waals surface area contributed by atoms with Gasteiger partial charge in [0.2, 0.25) is 0 Å². The third-order valence-electron chi connectivity index (χ3n) is 2.17. The van der Waals surface area contributed by atoms with Gasteiger partial charge in [0, 0.05) is 0 Å². The van der Waals surface area contributed by atoms with E-state index >= 15 is 0 Å². The number of benzene rings is 1. The van der Waals surface area contributed by atoms with Crippen molar-refractivity contribution in [3.8, 4) is 0 Å². The highest BCUT2D eigenvalue weighted by Gasteiger charge is 2.37. The van der Waals surface area contributed by atoms with E-state index in [1.54, 1.807) is 6.08 Å². The van der Waals surface area contributed by atoms with Crippen molar-refractivity contribution in [1.29, 1.82) is 0 Å². The average Bonchev–Trinajstić information content (AvgIpc) is 2.95. The molecule has 2 atom stereocenters. The quantitative estimate of drug-likeness (QED) is 0.538. The molecule has 0 aliphatic carbocycles. The minimum absolute atomic E-state index is 0.0623. The molecule has 2 unspecified atom stereocenters. The lowest BCUT2D eigenvalue weighted by Crippen LogP contribution is -1.86. The van der Waals surface area contributed by atoms with Gasteiger partial charge in [-0.05, 0) is 24.6 Å². The van der Waals surface area contributed by atoms with Crippen molar-refractivity contribution in [1.82, 2.24) is 0 Å². The van der Waals surface area contributed by atoms with Crippen LogP contribution in [-0.4, -0.2) is 11.9 Å². The van der Waals surface area contributed by atoms with E-state index < -0.39 is 0 Å². The third kappa shape index (κ3) is 2.09. The van der Waals surface area contributed by atoms with Crippen LogP contribution >= 0.6 is 0 Å². The monoisotopic (exact) mass is 188 g/mol. The Bertz CT molecular complexity index is 354. The largest absolute Gasteiger partial charge is 0.360 e. The lowest BCUT2D eigenvalue weighted by Gasteiger charge is -1.91. The second-order valence-electron chi connectivity index (χ2n) is 3.40. The first-order chi connectivity index (χ1) is 6.77. The van der Waals surface area contributed by atoms with E-state index in [9.17, 15) is 4.79 Å². The molecule has 2 nitrogen and oxygen atoms in total. The number of allylic oxidation sites excluding steroid dienone is 1. The Morgan fingerprint density at radius 3 is 2.71 bits per heavy atom. The molecule has 1 fully saturated rings. The van der Waals surface area contributed by atoms with E-state index in [1.165, 1.54) is 12.5 Å². The van der Waals surface area contributed by atoms with Gasteiger partial charge in [-0.2, -0.15) is 0 Å². The fourth-order valence-electron chi connectivity index (χ4n) is 1.41. The summed E-state index contributed by atoms with van der Waals surface area (Å²) in [4.78, 5) is 10.7. The van der Waals surface area contributed by atoms with Crippen LogP contribution in [0.25, 0.3) is 0 Å². The molecule has 1 saturated heterocycles. The number of carbonyl (C=O) groups excluding carboxylic acids is 1. The zero-order valence-electron chi connectivity index (χ0n) is 8.01. The maximum absolute atomic E-state index is 10.7. The highest BCUT2D eigenvalue weighted by Crippen LogP contribution is 2.39. The Morgan fingerprint density at radius 2 is 2.07 bits per heavy atom. The van der Waals surface area contributed by atoms with Gasteiger partial charge in [0.1, 0.15) is 12.2 Å². The van der Waals surface area contributed by atoms with Gasteiger partial charge >= 0.3 is 0 Å². The van der Waals surface area contributed by atoms with Crippen LogP contribution in [0, 0.1) is 0 Å². The predicted molar refractivity (Wildman–Crippen MR) is 53.9 cm³/mol. The summed E-state index contributed by atoms with van der Waals surface area (Å²) in [5.41, 5.74) is 1.17. The molecule has 1 aromatic carbocycles. The van der Waals surface area contributed by atoms with Crippen LogP contribution in [0.5, 0.6) is 0 Å². The fraction of sp³-hybridized carbons (Fsp3) is 0.250. The van der Waals surface area contributed by atoms with Gasteiger partial charge in [0.05, 0.1) is 0 Å². The summed E-state index contributed by atoms with van der Waals surface area (Å²) in [5.74, 6) is 0.0623. The van der Waals surface area contributed by atoms with E-state index in [-0.39, 0.29) is 18.0 Å². The number of rotatable bonds is 3. The van der Waals surface area contributed by atoms with Crippen LogP contribution in [0.15, 0.2) is 42.5 Å². The molecule has 14 heavy (non-hydrogen) atoms. The Morgan fingerprint density at radius 1 is 1.36 bits per heavy atom. The van der Waals surface area contributed by atoms with Crippen LogP contribution < -0.4 is 0 Å². The second kappa shape index (κ2) is 3.76. The number of hydrogen-bond donors (Lipinski definition) is 0. The Hall–Kier alpha value is -1.41. The molecule has 2 rings (SSSR count). The van der Waals surface area contributed by atoms with E-state index in [1.807, 2.05) is 36.4 Å². The van der Waals surface area contributed by atoms with E-state index in [2.05, 4.69) is 0 Å². The first kappa shape index (κ1) is 9.16. The van der Waals surface area contributed by atoms with Crippen molar-refractivity contribution in [3.63, 3.8) is 0 Å². The van der Waals surface area contributed by atoms with E-state index in [0.717, 1.165) is 0 Å². The van der Waals surface area contributed by atoms with Gasteiger partial charge in [0.25, 0.3) is 0 Å². The van der Waals surface area contributed by atoms with Gasteiger partial charge in [-0.25, -0.2) is 0 Å². The van der Waals surface area contributed by atoms with Gasteiger partial charge in [0.15, 0.2) is 5.78 Å². The molecule has 0 spiro atoms. The number of carbonyl (C=O) groups is 1. The van der Waals surface area contributed by atoms with E-state index in [0.29, 0.717) is 0 Å². The first-order valence-corrected chi connectivity index (χ1v) is 4.66. The number of ether oxygens (including phenoxy) is 1. The van der Waals surface area contributed by atoms with Crippen LogP contribution in [0.2, 0.25) is 0 Å². The topological polar surface area (TPSA) is 29.6 Å².